The highest BCUT2D eigenvalue weighted by Gasteiger charge is 2.55. The molecule has 0 fully saturated rings. The zero-order chi connectivity index (χ0) is 25.5. The third-order valence-electron chi connectivity index (χ3n) is 6.81. The number of carbonyl (C=O) groups is 1. The molecule has 0 bridgehead atoms. The predicted molar refractivity (Wildman–Crippen MR) is 155 cm³/mol. The SMILES string of the molecule is CCCC(C(=O)Nc1c(C)cc(OC)cc1C)[P+](c1ccccc1)(c1ccccc1)c1ccccc1. The molecule has 0 radical (unpaired) electrons. The van der Waals surface area contributed by atoms with Crippen LogP contribution in [0.15, 0.2) is 103 Å². The fraction of sp³-hybridized carbons (Fsp3) is 0.219. The van der Waals surface area contributed by atoms with E-state index in [1.54, 1.807) is 7.11 Å². The molecular formula is C32H35NO2P+. The number of hydrogen-bond donors (Lipinski definition) is 1. The van der Waals surface area contributed by atoms with E-state index in [9.17, 15) is 4.79 Å². The Kier molecular flexibility index (Phi) is 8.23. The summed E-state index contributed by atoms with van der Waals surface area (Å²) in [5.74, 6) is 0.867. The number of hydrogen-bond acceptors (Lipinski definition) is 2. The highest BCUT2D eigenvalue weighted by Crippen LogP contribution is 2.61. The first-order valence-corrected chi connectivity index (χ1v) is 14.4. The van der Waals surface area contributed by atoms with Gasteiger partial charge < -0.3 is 10.1 Å². The molecule has 3 nitrogen and oxygen atoms in total. The summed E-state index contributed by atoms with van der Waals surface area (Å²) in [6.45, 7) is 6.21. The van der Waals surface area contributed by atoms with E-state index in [0.29, 0.717) is 0 Å². The Bertz CT molecular complexity index is 1170. The molecule has 4 rings (SSSR count). The first-order chi connectivity index (χ1) is 17.5. The zero-order valence-electron chi connectivity index (χ0n) is 21.6. The van der Waals surface area contributed by atoms with Crippen LogP contribution in [0.25, 0.3) is 0 Å². The van der Waals surface area contributed by atoms with Gasteiger partial charge >= 0.3 is 0 Å². The van der Waals surface area contributed by atoms with Crippen molar-refractivity contribution in [3.05, 3.63) is 114 Å². The summed E-state index contributed by atoms with van der Waals surface area (Å²) in [5.41, 5.74) is 2.64. The molecule has 1 N–H and O–H groups in total. The smallest absolute Gasteiger partial charge is 0.266 e. The molecular weight excluding hydrogens is 461 g/mol. The Balaban J connectivity index is 1.94. The molecule has 0 spiro atoms. The van der Waals surface area contributed by atoms with Crippen LogP contribution in [-0.4, -0.2) is 18.7 Å². The number of anilines is 1. The van der Waals surface area contributed by atoms with E-state index in [2.05, 4.69) is 85.0 Å². The van der Waals surface area contributed by atoms with Crippen LogP contribution < -0.4 is 26.0 Å². The number of amides is 1. The van der Waals surface area contributed by atoms with Crippen LogP contribution in [0.1, 0.15) is 30.9 Å². The second-order valence-corrected chi connectivity index (χ2v) is 12.8. The Morgan fingerprint density at radius 1 is 0.778 bits per heavy atom. The molecule has 0 heterocycles. The summed E-state index contributed by atoms with van der Waals surface area (Å²) in [5, 5.41) is 7.03. The minimum absolute atomic E-state index is 0.0677. The topological polar surface area (TPSA) is 38.3 Å². The molecule has 1 unspecified atom stereocenters. The average molecular weight is 497 g/mol. The number of methoxy groups -OCH3 is 1. The van der Waals surface area contributed by atoms with Gasteiger partial charge in [-0.1, -0.05) is 67.9 Å². The van der Waals surface area contributed by atoms with Crippen LogP contribution in [0.2, 0.25) is 0 Å². The molecule has 0 aliphatic heterocycles. The maximum Gasteiger partial charge on any atom is 0.266 e. The number of ether oxygens (including phenoxy) is 1. The number of nitrogens with one attached hydrogen (secondary N) is 1. The molecule has 0 saturated heterocycles. The number of aryl methyl sites for hydroxylation is 2. The van der Waals surface area contributed by atoms with Gasteiger partial charge in [-0.3, -0.25) is 4.79 Å². The zero-order valence-corrected chi connectivity index (χ0v) is 22.5. The first-order valence-electron chi connectivity index (χ1n) is 12.5. The van der Waals surface area contributed by atoms with E-state index >= 15 is 0 Å². The van der Waals surface area contributed by atoms with Crippen molar-refractivity contribution < 1.29 is 9.53 Å². The monoisotopic (exact) mass is 496 g/mol. The fourth-order valence-electron chi connectivity index (χ4n) is 5.20. The van der Waals surface area contributed by atoms with E-state index in [4.69, 9.17) is 4.74 Å². The lowest BCUT2D eigenvalue weighted by molar-refractivity contribution is -0.115. The first kappa shape index (κ1) is 25.7. The van der Waals surface area contributed by atoms with Crippen LogP contribution >= 0.6 is 7.26 Å². The van der Waals surface area contributed by atoms with Crippen molar-refractivity contribution in [2.75, 3.05) is 12.4 Å². The van der Waals surface area contributed by atoms with Gasteiger partial charge in [0.25, 0.3) is 5.91 Å². The van der Waals surface area contributed by atoms with Gasteiger partial charge in [0.05, 0.1) is 7.11 Å². The highest BCUT2D eigenvalue weighted by atomic mass is 31.2. The van der Waals surface area contributed by atoms with Crippen molar-refractivity contribution in [1.29, 1.82) is 0 Å². The fourth-order valence-corrected chi connectivity index (χ4v) is 10.2. The van der Waals surface area contributed by atoms with Gasteiger partial charge in [0.1, 0.15) is 28.9 Å². The minimum atomic E-state index is -2.36. The van der Waals surface area contributed by atoms with E-state index in [-0.39, 0.29) is 11.6 Å². The standard InChI is InChI=1S/C32H34NO2P/c1-5-15-30(32(34)33-31-24(2)22-26(35-4)23-25(31)3)36(27-16-9-6-10-17-27,28-18-11-7-12-19-28)29-20-13-8-14-21-29/h6-14,16-23,30H,5,15H2,1-4H3/p+1. The van der Waals surface area contributed by atoms with Crippen molar-refractivity contribution >= 4 is 34.8 Å². The molecule has 4 aromatic rings. The largest absolute Gasteiger partial charge is 0.497 e. The number of carbonyl (C=O) groups excluding carboxylic acids is 1. The van der Waals surface area contributed by atoms with E-state index < -0.39 is 7.26 Å². The average Bonchev–Trinajstić information content (AvgIpc) is 2.92. The lowest BCUT2D eigenvalue weighted by atomic mass is 10.1. The van der Waals surface area contributed by atoms with Crippen molar-refractivity contribution in [2.45, 2.75) is 39.3 Å². The van der Waals surface area contributed by atoms with Crippen molar-refractivity contribution in [1.82, 2.24) is 0 Å². The number of rotatable bonds is 9. The second-order valence-electron chi connectivity index (χ2n) is 9.16. The van der Waals surface area contributed by atoms with E-state index in [1.165, 1.54) is 15.9 Å². The molecule has 4 heteroatoms. The Morgan fingerprint density at radius 2 is 1.19 bits per heavy atom. The number of benzene rings is 4. The second kappa shape index (κ2) is 11.5. The van der Waals surface area contributed by atoms with Gasteiger partial charge in [0.2, 0.25) is 0 Å². The van der Waals surface area contributed by atoms with Crippen molar-refractivity contribution in [3.8, 4) is 5.75 Å². The third-order valence-corrected chi connectivity index (χ3v) is 11.6. The Labute approximate surface area is 215 Å². The quantitative estimate of drug-likeness (QED) is 0.272. The molecule has 1 amide bonds. The van der Waals surface area contributed by atoms with Gasteiger partial charge in [-0.25, -0.2) is 0 Å². The van der Waals surface area contributed by atoms with Gasteiger partial charge in [-0.2, -0.15) is 0 Å². The van der Waals surface area contributed by atoms with Crippen LogP contribution in [0.3, 0.4) is 0 Å². The lowest BCUT2D eigenvalue weighted by Crippen LogP contribution is -2.44. The summed E-state index contributed by atoms with van der Waals surface area (Å²) in [6, 6.07) is 35.9. The maximum atomic E-state index is 14.4. The Morgan fingerprint density at radius 3 is 1.56 bits per heavy atom. The van der Waals surface area contributed by atoms with E-state index in [1.807, 2.05) is 44.2 Å². The Hall–Kier alpha value is -3.42. The summed E-state index contributed by atoms with van der Waals surface area (Å²) in [4.78, 5) is 14.4. The summed E-state index contributed by atoms with van der Waals surface area (Å²) < 4.78 is 5.44. The molecule has 0 saturated carbocycles. The summed E-state index contributed by atoms with van der Waals surface area (Å²) in [6.07, 6.45) is 1.69. The molecule has 0 aliphatic carbocycles. The molecule has 0 aliphatic rings. The minimum Gasteiger partial charge on any atom is -0.497 e. The van der Waals surface area contributed by atoms with Crippen molar-refractivity contribution in [2.24, 2.45) is 0 Å². The molecule has 184 valence electrons. The summed E-state index contributed by atoms with van der Waals surface area (Å²) in [7, 11) is -0.686. The van der Waals surface area contributed by atoms with Crippen LogP contribution in [-0.2, 0) is 4.79 Å². The predicted octanol–water partition coefficient (Wildman–Crippen LogP) is 6.41. The van der Waals surface area contributed by atoms with Crippen LogP contribution in [0, 0.1) is 13.8 Å². The maximum absolute atomic E-state index is 14.4. The van der Waals surface area contributed by atoms with Crippen LogP contribution in [0.5, 0.6) is 5.75 Å². The molecule has 4 aromatic carbocycles. The van der Waals surface area contributed by atoms with Crippen LogP contribution in [0.4, 0.5) is 5.69 Å². The van der Waals surface area contributed by atoms with Gasteiger partial charge in [0, 0.05) is 5.69 Å². The lowest BCUT2D eigenvalue weighted by Gasteiger charge is -2.34. The third kappa shape index (κ3) is 4.94. The van der Waals surface area contributed by atoms with Gasteiger partial charge in [-0.05, 0) is 79.9 Å². The normalized spacial score (nSPS) is 12.1. The molecule has 1 atom stereocenters. The highest BCUT2D eigenvalue weighted by molar-refractivity contribution is 7.96. The molecule has 36 heavy (non-hydrogen) atoms. The van der Waals surface area contributed by atoms with Gasteiger partial charge in [-0.15, -0.1) is 0 Å². The van der Waals surface area contributed by atoms with E-state index in [0.717, 1.165) is 35.4 Å². The summed E-state index contributed by atoms with van der Waals surface area (Å²) >= 11 is 0. The molecule has 0 aromatic heterocycles. The van der Waals surface area contributed by atoms with Gasteiger partial charge in [0.15, 0.2) is 5.66 Å². The van der Waals surface area contributed by atoms with Crippen molar-refractivity contribution in [3.63, 3.8) is 0 Å².